The van der Waals surface area contributed by atoms with Crippen LogP contribution in [0.2, 0.25) is 0 Å². The third kappa shape index (κ3) is 3.51. The van der Waals surface area contributed by atoms with Crippen LogP contribution < -0.4 is 0 Å². The van der Waals surface area contributed by atoms with Gasteiger partial charge in [0.05, 0.1) is 6.54 Å². The van der Waals surface area contributed by atoms with Crippen LogP contribution in [0.15, 0.2) is 21.7 Å². The Balaban J connectivity index is 1.68. The first-order valence-corrected chi connectivity index (χ1v) is 10.6. The number of carbonyl (C=O) groups is 1. The highest BCUT2D eigenvalue weighted by atomic mass is 32.2. The lowest BCUT2D eigenvalue weighted by Crippen LogP contribution is -2.48. The number of piperidine rings is 1. The van der Waals surface area contributed by atoms with Crippen molar-refractivity contribution in [3.63, 3.8) is 0 Å². The quantitative estimate of drug-likeness (QED) is 0.801. The Kier molecular flexibility index (Phi) is 5.01. The van der Waals surface area contributed by atoms with Crippen molar-refractivity contribution in [3.8, 4) is 0 Å². The minimum atomic E-state index is -3.37. The molecule has 1 spiro atoms. The lowest BCUT2D eigenvalue weighted by Gasteiger charge is -2.40. The highest BCUT2D eigenvalue weighted by Gasteiger charge is 2.45. The van der Waals surface area contributed by atoms with Crippen LogP contribution >= 0.6 is 11.3 Å². The molecule has 1 unspecified atom stereocenters. The van der Waals surface area contributed by atoms with Crippen LogP contribution in [0, 0.1) is 5.41 Å². The van der Waals surface area contributed by atoms with Gasteiger partial charge in [-0.05, 0) is 42.7 Å². The third-order valence-corrected chi connectivity index (χ3v) is 8.31. The van der Waals surface area contributed by atoms with Crippen LogP contribution in [-0.2, 0) is 14.8 Å². The van der Waals surface area contributed by atoms with Crippen LogP contribution in [0.25, 0.3) is 0 Å². The molecule has 2 aliphatic heterocycles. The largest absolute Gasteiger partial charge is 0.348 e. The molecule has 0 bridgehead atoms. The molecule has 1 aromatic rings. The van der Waals surface area contributed by atoms with E-state index in [9.17, 15) is 13.2 Å². The monoisotopic (exact) mass is 371 g/mol. The molecule has 3 rings (SSSR count). The fourth-order valence-corrected chi connectivity index (χ4v) is 6.45. The molecule has 2 fully saturated rings. The van der Waals surface area contributed by atoms with Crippen molar-refractivity contribution < 1.29 is 13.2 Å². The first-order chi connectivity index (χ1) is 11.3. The first-order valence-electron chi connectivity index (χ1n) is 8.29. The number of rotatable bonds is 4. The summed E-state index contributed by atoms with van der Waals surface area (Å²) >= 11 is 1.27. The van der Waals surface area contributed by atoms with Gasteiger partial charge in [-0.3, -0.25) is 9.69 Å². The van der Waals surface area contributed by atoms with E-state index in [0.717, 1.165) is 32.4 Å². The Hall–Kier alpha value is -0.960. The lowest BCUT2D eigenvalue weighted by atomic mass is 9.79. The normalized spacial score (nSPS) is 26.1. The second kappa shape index (κ2) is 6.74. The van der Waals surface area contributed by atoms with Crippen LogP contribution in [-0.4, -0.2) is 75.2 Å². The van der Waals surface area contributed by atoms with E-state index in [1.807, 2.05) is 0 Å². The van der Waals surface area contributed by atoms with Crippen LogP contribution in [0.3, 0.4) is 0 Å². The second-order valence-corrected chi connectivity index (χ2v) is 10.2. The minimum Gasteiger partial charge on any atom is -0.348 e. The zero-order valence-electron chi connectivity index (χ0n) is 14.3. The summed E-state index contributed by atoms with van der Waals surface area (Å²) in [6.07, 6.45) is 2.94. The maximum Gasteiger partial charge on any atom is 0.252 e. The molecule has 0 saturated carbocycles. The van der Waals surface area contributed by atoms with E-state index in [2.05, 4.69) is 4.90 Å². The fourth-order valence-electron chi connectivity index (χ4n) is 3.75. The Bertz CT molecular complexity index is 687. The van der Waals surface area contributed by atoms with Gasteiger partial charge in [0, 0.05) is 33.7 Å². The average Bonchev–Trinajstić information content (AvgIpc) is 3.18. The first kappa shape index (κ1) is 17.8. The summed E-state index contributed by atoms with van der Waals surface area (Å²) in [4.78, 5) is 15.8. The number of nitrogens with zero attached hydrogens (tertiary/aromatic N) is 3. The Morgan fingerprint density at radius 1 is 1.29 bits per heavy atom. The van der Waals surface area contributed by atoms with Crippen LogP contribution in [0.1, 0.15) is 19.3 Å². The summed E-state index contributed by atoms with van der Waals surface area (Å²) in [5.41, 5.74) is -0.00479. The maximum absolute atomic E-state index is 12.7. The Morgan fingerprint density at radius 2 is 2.08 bits per heavy atom. The number of likely N-dealkylation sites (N-methyl/N-ethyl adjacent to an activating group) is 1. The number of thiophene rings is 1. The van der Waals surface area contributed by atoms with Crippen molar-refractivity contribution in [3.05, 3.63) is 17.5 Å². The molecule has 2 aliphatic rings. The summed E-state index contributed by atoms with van der Waals surface area (Å²) in [6.45, 7) is 3.30. The molecule has 1 atom stereocenters. The smallest absolute Gasteiger partial charge is 0.252 e. The van der Waals surface area contributed by atoms with E-state index in [1.54, 1.807) is 40.8 Å². The predicted molar refractivity (Wildman–Crippen MR) is 94.5 cm³/mol. The summed E-state index contributed by atoms with van der Waals surface area (Å²) in [5.74, 6) is 0.105. The van der Waals surface area contributed by atoms with Gasteiger partial charge in [0.15, 0.2) is 0 Å². The topological polar surface area (TPSA) is 60.9 Å². The fraction of sp³-hybridized carbons (Fsp3) is 0.688. The van der Waals surface area contributed by atoms with Gasteiger partial charge in [-0.15, -0.1) is 11.3 Å². The molecule has 0 N–H and O–H groups in total. The van der Waals surface area contributed by atoms with E-state index >= 15 is 0 Å². The van der Waals surface area contributed by atoms with Gasteiger partial charge in [0.2, 0.25) is 5.91 Å². The summed E-state index contributed by atoms with van der Waals surface area (Å²) in [7, 11) is 0.175. The van der Waals surface area contributed by atoms with Gasteiger partial charge in [0.1, 0.15) is 4.21 Å². The molecule has 6 nitrogen and oxygen atoms in total. The minimum absolute atomic E-state index is 0.00479. The van der Waals surface area contributed by atoms with Gasteiger partial charge >= 0.3 is 0 Å². The van der Waals surface area contributed by atoms with Crippen molar-refractivity contribution in [2.24, 2.45) is 5.41 Å². The second-order valence-electron chi connectivity index (χ2n) is 7.12. The molecule has 3 heterocycles. The maximum atomic E-state index is 12.7. The molecule has 24 heavy (non-hydrogen) atoms. The lowest BCUT2D eigenvalue weighted by molar-refractivity contribution is -0.130. The van der Waals surface area contributed by atoms with Crippen molar-refractivity contribution in [1.29, 1.82) is 0 Å². The average molecular weight is 372 g/mol. The SMILES string of the molecule is CN(C)C(=O)CN1CCCC2(CCN(S(=O)(=O)c3cccs3)C2)C1. The molecular formula is C16H25N3O3S2. The van der Waals surface area contributed by atoms with Crippen molar-refractivity contribution >= 4 is 27.3 Å². The standard InChI is InChI=1S/C16H25N3O3S2/c1-17(2)14(20)11-18-8-4-6-16(12-18)7-9-19(13-16)24(21,22)15-5-3-10-23-15/h3,5,10H,4,6-9,11-13H2,1-2H3. The van der Waals surface area contributed by atoms with Crippen LogP contribution in [0.5, 0.6) is 0 Å². The molecule has 1 aromatic heterocycles. The molecule has 8 heteroatoms. The molecule has 0 aliphatic carbocycles. The zero-order chi connectivity index (χ0) is 17.4. The molecule has 0 radical (unpaired) electrons. The highest BCUT2D eigenvalue weighted by molar-refractivity contribution is 7.91. The van der Waals surface area contributed by atoms with Gasteiger partial charge in [-0.2, -0.15) is 4.31 Å². The zero-order valence-corrected chi connectivity index (χ0v) is 15.9. The van der Waals surface area contributed by atoms with E-state index in [4.69, 9.17) is 0 Å². The number of sulfonamides is 1. The molecule has 134 valence electrons. The van der Waals surface area contributed by atoms with Crippen molar-refractivity contribution in [2.75, 3.05) is 46.8 Å². The summed E-state index contributed by atoms with van der Waals surface area (Å²) < 4.78 is 27.5. The van der Waals surface area contributed by atoms with Gasteiger partial charge < -0.3 is 4.90 Å². The molecular weight excluding hydrogens is 346 g/mol. The van der Waals surface area contributed by atoms with Crippen molar-refractivity contribution in [1.82, 2.24) is 14.1 Å². The molecule has 0 aromatic carbocycles. The van der Waals surface area contributed by atoms with Gasteiger partial charge in [-0.25, -0.2) is 8.42 Å². The van der Waals surface area contributed by atoms with E-state index < -0.39 is 10.0 Å². The van der Waals surface area contributed by atoms with E-state index in [0.29, 0.717) is 23.8 Å². The number of hydrogen-bond donors (Lipinski definition) is 0. The van der Waals surface area contributed by atoms with E-state index in [1.165, 1.54) is 11.3 Å². The number of amides is 1. The summed E-state index contributed by atoms with van der Waals surface area (Å²) in [6, 6.07) is 3.45. The van der Waals surface area contributed by atoms with E-state index in [-0.39, 0.29) is 11.3 Å². The Morgan fingerprint density at radius 3 is 2.75 bits per heavy atom. The summed E-state index contributed by atoms with van der Waals surface area (Å²) in [5, 5.41) is 1.80. The molecule has 1 amide bonds. The highest BCUT2D eigenvalue weighted by Crippen LogP contribution is 2.41. The van der Waals surface area contributed by atoms with Crippen LogP contribution in [0.4, 0.5) is 0 Å². The number of carbonyl (C=O) groups excluding carboxylic acids is 1. The Labute approximate surface area is 148 Å². The number of hydrogen-bond acceptors (Lipinski definition) is 5. The van der Waals surface area contributed by atoms with Crippen molar-refractivity contribution in [2.45, 2.75) is 23.5 Å². The third-order valence-electron chi connectivity index (χ3n) is 5.09. The number of likely N-dealkylation sites (tertiary alicyclic amines) is 1. The molecule has 2 saturated heterocycles. The van der Waals surface area contributed by atoms with Gasteiger partial charge in [-0.1, -0.05) is 6.07 Å². The van der Waals surface area contributed by atoms with Gasteiger partial charge in [0.25, 0.3) is 10.0 Å². The predicted octanol–water partition coefficient (Wildman–Crippen LogP) is 1.31.